The Morgan fingerprint density at radius 1 is 1.30 bits per heavy atom. The van der Waals surface area contributed by atoms with E-state index in [1.807, 2.05) is 5.32 Å². The van der Waals surface area contributed by atoms with Gasteiger partial charge in [0.15, 0.2) is 5.54 Å². The van der Waals surface area contributed by atoms with E-state index >= 15 is 0 Å². The monoisotopic (exact) mass is 298 g/mol. The SMILES string of the molecule is CC(C)(C)OC(=O)N1CC(NCC(F)(F)F)(C(=O)O)C1. The molecule has 2 N–H and O–H groups in total. The Morgan fingerprint density at radius 3 is 2.15 bits per heavy atom. The van der Waals surface area contributed by atoms with Gasteiger partial charge >= 0.3 is 18.2 Å². The highest BCUT2D eigenvalue weighted by Crippen LogP contribution is 2.25. The van der Waals surface area contributed by atoms with Crippen LogP contribution in [0, 0.1) is 0 Å². The number of rotatable bonds is 3. The lowest BCUT2D eigenvalue weighted by Crippen LogP contribution is -2.75. The van der Waals surface area contributed by atoms with Crippen molar-refractivity contribution in [2.75, 3.05) is 19.6 Å². The molecule has 0 bridgehead atoms. The van der Waals surface area contributed by atoms with E-state index in [1.54, 1.807) is 20.8 Å². The van der Waals surface area contributed by atoms with Gasteiger partial charge in [0.25, 0.3) is 0 Å². The molecule has 0 spiro atoms. The van der Waals surface area contributed by atoms with Gasteiger partial charge in [-0.3, -0.25) is 10.1 Å². The molecule has 0 aliphatic carbocycles. The van der Waals surface area contributed by atoms with Crippen molar-refractivity contribution in [2.45, 2.75) is 38.1 Å². The third kappa shape index (κ3) is 4.26. The molecule has 6 nitrogen and oxygen atoms in total. The minimum atomic E-state index is -4.52. The Bertz CT molecular complexity index is 397. The van der Waals surface area contributed by atoms with Crippen LogP contribution in [0.15, 0.2) is 0 Å². The third-order valence-electron chi connectivity index (χ3n) is 2.61. The van der Waals surface area contributed by atoms with Crippen LogP contribution in [0.2, 0.25) is 0 Å². The number of carboxylic acid groups (broad SMARTS) is 1. The molecule has 1 heterocycles. The lowest BCUT2D eigenvalue weighted by atomic mass is 9.90. The van der Waals surface area contributed by atoms with Gasteiger partial charge in [-0.25, -0.2) is 4.79 Å². The average Bonchev–Trinajstić information content (AvgIpc) is 2.09. The number of halogens is 3. The summed E-state index contributed by atoms with van der Waals surface area (Å²) in [5.74, 6) is -1.43. The maximum absolute atomic E-state index is 12.1. The number of alkyl halides is 3. The van der Waals surface area contributed by atoms with Crippen LogP contribution in [-0.2, 0) is 9.53 Å². The summed E-state index contributed by atoms with van der Waals surface area (Å²) in [6.07, 6.45) is -5.27. The molecule has 0 radical (unpaired) electrons. The van der Waals surface area contributed by atoms with Gasteiger partial charge in [0.1, 0.15) is 5.60 Å². The van der Waals surface area contributed by atoms with Gasteiger partial charge in [-0.05, 0) is 20.8 Å². The molecule has 1 aliphatic rings. The predicted octanol–water partition coefficient (Wildman–Crippen LogP) is 1.21. The molecule has 0 aromatic rings. The number of nitrogens with zero attached hydrogens (tertiary/aromatic N) is 1. The highest BCUT2D eigenvalue weighted by molar-refractivity contribution is 5.84. The number of carbonyl (C=O) groups excluding carboxylic acids is 1. The second-order valence-electron chi connectivity index (χ2n) is 5.69. The molecular weight excluding hydrogens is 281 g/mol. The van der Waals surface area contributed by atoms with Crippen LogP contribution < -0.4 is 5.32 Å². The molecule has 9 heteroatoms. The van der Waals surface area contributed by atoms with Crippen LogP contribution in [0.3, 0.4) is 0 Å². The molecule has 1 saturated heterocycles. The number of carboxylic acids is 1. The zero-order valence-electron chi connectivity index (χ0n) is 11.4. The number of hydrogen-bond donors (Lipinski definition) is 2. The largest absolute Gasteiger partial charge is 0.480 e. The topological polar surface area (TPSA) is 78.9 Å². The van der Waals surface area contributed by atoms with Crippen LogP contribution in [0.1, 0.15) is 20.8 Å². The summed E-state index contributed by atoms with van der Waals surface area (Å²) >= 11 is 0. The fraction of sp³-hybridized carbons (Fsp3) is 0.818. The minimum absolute atomic E-state index is 0.368. The number of carbonyl (C=O) groups is 2. The van der Waals surface area contributed by atoms with Crippen molar-refractivity contribution in [3.8, 4) is 0 Å². The first kappa shape index (κ1) is 16.5. The number of hydrogen-bond acceptors (Lipinski definition) is 4. The number of ether oxygens (including phenoxy) is 1. The summed E-state index contributed by atoms with van der Waals surface area (Å²) in [7, 11) is 0. The molecule has 1 aliphatic heterocycles. The summed E-state index contributed by atoms with van der Waals surface area (Å²) < 4.78 is 41.4. The maximum atomic E-state index is 12.1. The molecule has 20 heavy (non-hydrogen) atoms. The zero-order chi connectivity index (χ0) is 15.8. The fourth-order valence-electron chi connectivity index (χ4n) is 1.65. The van der Waals surface area contributed by atoms with E-state index in [4.69, 9.17) is 9.84 Å². The van der Waals surface area contributed by atoms with E-state index < -0.39 is 35.9 Å². The molecular formula is C11H17F3N2O4. The van der Waals surface area contributed by atoms with Crippen LogP contribution in [-0.4, -0.2) is 59.0 Å². The summed E-state index contributed by atoms with van der Waals surface area (Å²) in [5.41, 5.74) is -2.52. The molecule has 0 saturated carbocycles. The van der Waals surface area contributed by atoms with Crippen LogP contribution in [0.5, 0.6) is 0 Å². The minimum Gasteiger partial charge on any atom is -0.480 e. The standard InChI is InChI=1S/C11H17F3N2O4/c1-9(2,3)20-8(19)16-5-10(6-16,7(17)18)15-4-11(12,13)14/h15H,4-6H2,1-3H3,(H,17,18). The van der Waals surface area contributed by atoms with E-state index in [1.165, 1.54) is 0 Å². The molecule has 0 unspecified atom stereocenters. The first-order valence-corrected chi connectivity index (χ1v) is 5.88. The van der Waals surface area contributed by atoms with Crippen LogP contribution >= 0.6 is 0 Å². The third-order valence-corrected chi connectivity index (χ3v) is 2.61. The van der Waals surface area contributed by atoms with Gasteiger partial charge in [-0.15, -0.1) is 0 Å². The van der Waals surface area contributed by atoms with Gasteiger partial charge in [-0.2, -0.15) is 13.2 Å². The van der Waals surface area contributed by atoms with E-state index in [0.717, 1.165) is 4.90 Å². The molecule has 1 fully saturated rings. The molecule has 1 rings (SSSR count). The Kier molecular flexibility index (Phi) is 4.23. The van der Waals surface area contributed by atoms with Crippen molar-refractivity contribution >= 4 is 12.1 Å². The van der Waals surface area contributed by atoms with Gasteiger partial charge < -0.3 is 14.7 Å². The second-order valence-corrected chi connectivity index (χ2v) is 5.69. The van der Waals surface area contributed by atoms with E-state index in [-0.39, 0.29) is 13.1 Å². The number of amides is 1. The highest BCUT2D eigenvalue weighted by Gasteiger charge is 2.53. The second kappa shape index (κ2) is 5.12. The van der Waals surface area contributed by atoms with Crippen molar-refractivity contribution in [2.24, 2.45) is 0 Å². The maximum Gasteiger partial charge on any atom is 0.410 e. The summed E-state index contributed by atoms with van der Waals surface area (Å²) in [4.78, 5) is 23.7. The number of likely N-dealkylation sites (tertiary alicyclic amines) is 1. The fourth-order valence-corrected chi connectivity index (χ4v) is 1.65. The van der Waals surface area contributed by atoms with E-state index in [9.17, 15) is 22.8 Å². The Labute approximate surface area is 113 Å². The first-order valence-electron chi connectivity index (χ1n) is 5.88. The first-order chi connectivity index (χ1) is 8.85. The Morgan fingerprint density at radius 2 is 1.80 bits per heavy atom. The predicted molar refractivity (Wildman–Crippen MR) is 62.2 cm³/mol. The van der Waals surface area contributed by atoms with Crippen LogP contribution in [0.25, 0.3) is 0 Å². The number of nitrogens with one attached hydrogen (secondary N) is 1. The molecule has 116 valence electrons. The lowest BCUT2D eigenvalue weighted by Gasteiger charge is -2.47. The van der Waals surface area contributed by atoms with Crippen molar-refractivity contribution in [3.63, 3.8) is 0 Å². The van der Waals surface area contributed by atoms with E-state index in [2.05, 4.69) is 0 Å². The van der Waals surface area contributed by atoms with Gasteiger partial charge in [0.05, 0.1) is 19.6 Å². The zero-order valence-corrected chi connectivity index (χ0v) is 11.4. The molecule has 0 aromatic carbocycles. The summed E-state index contributed by atoms with van der Waals surface area (Å²) in [6, 6.07) is 0. The van der Waals surface area contributed by atoms with Crippen molar-refractivity contribution in [1.82, 2.24) is 10.2 Å². The quantitative estimate of drug-likeness (QED) is 0.819. The van der Waals surface area contributed by atoms with Gasteiger partial charge in [0, 0.05) is 0 Å². The van der Waals surface area contributed by atoms with Gasteiger partial charge in [-0.1, -0.05) is 0 Å². The Balaban J connectivity index is 2.59. The van der Waals surface area contributed by atoms with Crippen molar-refractivity contribution < 1.29 is 32.6 Å². The summed E-state index contributed by atoms with van der Waals surface area (Å²) in [6.45, 7) is 2.74. The van der Waals surface area contributed by atoms with Gasteiger partial charge in [0.2, 0.25) is 0 Å². The van der Waals surface area contributed by atoms with E-state index in [0.29, 0.717) is 0 Å². The van der Waals surface area contributed by atoms with Crippen molar-refractivity contribution in [3.05, 3.63) is 0 Å². The smallest absolute Gasteiger partial charge is 0.410 e. The molecule has 0 atom stereocenters. The highest BCUT2D eigenvalue weighted by atomic mass is 19.4. The molecule has 0 aromatic heterocycles. The lowest BCUT2D eigenvalue weighted by molar-refractivity contribution is -0.159. The number of aliphatic carboxylic acids is 1. The normalized spacial score (nSPS) is 18.4. The average molecular weight is 298 g/mol. The Hall–Kier alpha value is -1.51. The van der Waals surface area contributed by atoms with Crippen LogP contribution in [0.4, 0.5) is 18.0 Å². The molecule has 1 amide bonds. The van der Waals surface area contributed by atoms with Crippen molar-refractivity contribution in [1.29, 1.82) is 0 Å². The summed E-state index contributed by atoms with van der Waals surface area (Å²) in [5, 5.41) is 10.9.